The van der Waals surface area contributed by atoms with E-state index in [2.05, 4.69) is 208 Å². The minimum Gasteiger partial charge on any atom is -0.353 e. The Balaban J connectivity index is 0.000000109. The van der Waals surface area contributed by atoms with E-state index in [9.17, 15) is 0 Å². The highest BCUT2D eigenvalue weighted by atomic mass is 35.5. The van der Waals surface area contributed by atoms with Crippen molar-refractivity contribution in [2.24, 2.45) is 0 Å². The first-order valence-corrected chi connectivity index (χ1v) is 29.5. The lowest BCUT2D eigenvalue weighted by atomic mass is 10.1. The van der Waals surface area contributed by atoms with Crippen molar-refractivity contribution in [2.75, 3.05) is 0 Å². The normalized spacial score (nSPS) is 11.9. The maximum Gasteiger partial charge on any atom is 0.236 e. The van der Waals surface area contributed by atoms with Crippen LogP contribution in [0, 0.1) is 0 Å². The lowest BCUT2D eigenvalue weighted by Gasteiger charge is -2.10. The van der Waals surface area contributed by atoms with Gasteiger partial charge >= 0.3 is 0 Å². The summed E-state index contributed by atoms with van der Waals surface area (Å²) >= 11 is 13.2. The van der Waals surface area contributed by atoms with Crippen molar-refractivity contribution in [1.82, 2.24) is 29.5 Å². The Morgan fingerprint density at radius 2 is 0.797 bits per heavy atom. The van der Waals surface area contributed by atoms with Crippen LogP contribution in [-0.2, 0) is 0 Å². The molecule has 0 aliphatic carbocycles. The zero-order valence-corrected chi connectivity index (χ0v) is 45.7. The molecule has 11 heteroatoms. The Morgan fingerprint density at radius 3 is 1.43 bits per heavy atom. The van der Waals surface area contributed by atoms with Crippen molar-refractivity contribution in [3.8, 4) is 28.5 Å². The van der Waals surface area contributed by atoms with Gasteiger partial charge in [0.15, 0.2) is 0 Å². The number of para-hydroxylation sites is 2. The summed E-state index contributed by atoms with van der Waals surface area (Å²) in [5.41, 5.74) is 8.82. The first kappa shape index (κ1) is 46.2. The Labute approximate surface area is 471 Å². The summed E-state index contributed by atoms with van der Waals surface area (Å²) in [6, 6.07) is 81.0. The van der Waals surface area contributed by atoms with Gasteiger partial charge in [0.1, 0.15) is 9.66 Å². The minimum absolute atomic E-state index is 0.294. The Hall–Kier alpha value is -8.87. The van der Waals surface area contributed by atoms with Gasteiger partial charge in [-0.1, -0.05) is 194 Å². The Kier molecular flexibility index (Phi) is 10.9. The molecule has 6 nitrogen and oxygen atoms in total. The van der Waals surface area contributed by atoms with E-state index in [-0.39, 0.29) is 0 Å². The molecular weight excluding hydrogens is 1060 g/mol. The number of H-pyrrole nitrogens is 1. The van der Waals surface area contributed by atoms with Gasteiger partial charge in [-0.25, -0.2) is 19.9 Å². The van der Waals surface area contributed by atoms with Crippen molar-refractivity contribution >= 4 is 182 Å². The van der Waals surface area contributed by atoms with Crippen molar-refractivity contribution < 1.29 is 0 Å². The molecule has 8 heterocycles. The molecule has 0 aliphatic heterocycles. The maximum atomic E-state index is 6.09. The molecular formula is C68H39ClN6S4. The van der Waals surface area contributed by atoms with E-state index in [0.717, 1.165) is 48.5 Å². The predicted octanol–water partition coefficient (Wildman–Crippen LogP) is 20.8. The summed E-state index contributed by atoms with van der Waals surface area (Å²) in [5, 5.41) is 15.2. The highest BCUT2D eigenvalue weighted by Crippen LogP contribution is 2.45. The molecule has 1 N–H and O–H groups in total. The van der Waals surface area contributed by atoms with Crippen LogP contribution in [0.2, 0.25) is 5.28 Å². The summed E-state index contributed by atoms with van der Waals surface area (Å²) in [5.74, 6) is 0.712. The summed E-state index contributed by atoms with van der Waals surface area (Å²) in [4.78, 5) is 25.0. The van der Waals surface area contributed by atoms with Crippen LogP contribution < -0.4 is 0 Å². The van der Waals surface area contributed by atoms with Gasteiger partial charge in [0.2, 0.25) is 11.2 Å². The molecule has 372 valence electrons. The molecule has 0 fully saturated rings. The SMILES string of the molecule is Clc1nc(-c2ccccc2)c2c(n1)sc1ccccc12.c1ccc(-c2nc(-n3c4ccccc4c4ccc5c6ccccc6sc5c43)nc3sc4ccccc4c23)cc1.c1ccc2c(c1)[nH]c1c2ccc2c3ccccc3sc21. The second kappa shape index (κ2) is 18.7. The van der Waals surface area contributed by atoms with E-state index in [0.29, 0.717) is 11.2 Å². The standard InChI is InChI=1S/C34H19N3S2.C18H11NS.C16H9ClN2S/c1-2-10-20(11-3-1)30-29-25-14-6-9-17-28(25)39-33(29)36-34(35-30)37-26-15-7-4-12-21(26)23-18-19-24-22-13-5-8-16-27(22)38-32(24)31(23)37;1-3-7-15-11(5-1)13-9-10-14-12-6-2-4-8-16(12)20-18(14)17(13)19-15;17-16-18-14(10-6-2-1-3-7-10)13-11-8-4-5-9-12(11)20-15(13)19-16/h1-19H;1-10,19H;1-9H. The molecule has 10 aromatic carbocycles. The van der Waals surface area contributed by atoms with Crippen molar-refractivity contribution in [3.05, 3.63) is 236 Å². The fraction of sp³-hybridized carbons (Fsp3) is 0. The smallest absolute Gasteiger partial charge is 0.236 e. The van der Waals surface area contributed by atoms with Crippen LogP contribution >= 0.6 is 56.9 Å². The number of halogens is 1. The average molecular weight is 1100 g/mol. The van der Waals surface area contributed by atoms with Crippen LogP contribution in [0.15, 0.2) is 231 Å². The quantitative estimate of drug-likeness (QED) is 0.179. The number of aromatic nitrogens is 6. The summed E-state index contributed by atoms with van der Waals surface area (Å²) in [6.45, 7) is 0. The van der Waals surface area contributed by atoms with E-state index >= 15 is 0 Å². The Morgan fingerprint density at radius 1 is 0.342 bits per heavy atom. The topological polar surface area (TPSA) is 72.3 Å². The highest BCUT2D eigenvalue weighted by Gasteiger charge is 2.23. The third-order valence-corrected chi connectivity index (χ3v) is 19.6. The van der Waals surface area contributed by atoms with E-state index < -0.39 is 0 Å². The van der Waals surface area contributed by atoms with Gasteiger partial charge in [-0.05, 0) is 48.0 Å². The summed E-state index contributed by atoms with van der Waals surface area (Å²) in [6.07, 6.45) is 0. The molecule has 0 unspecified atom stereocenters. The van der Waals surface area contributed by atoms with Crippen LogP contribution in [0.3, 0.4) is 0 Å². The van der Waals surface area contributed by atoms with E-state index in [4.69, 9.17) is 21.6 Å². The van der Waals surface area contributed by atoms with Gasteiger partial charge < -0.3 is 4.98 Å². The first-order chi connectivity index (χ1) is 39.1. The van der Waals surface area contributed by atoms with Crippen LogP contribution in [0.4, 0.5) is 0 Å². The summed E-state index contributed by atoms with van der Waals surface area (Å²) in [7, 11) is 0. The van der Waals surface area contributed by atoms with Crippen LogP contribution in [0.5, 0.6) is 0 Å². The fourth-order valence-electron chi connectivity index (χ4n) is 11.5. The maximum absolute atomic E-state index is 6.09. The molecule has 0 saturated heterocycles. The number of aromatic amines is 1. The van der Waals surface area contributed by atoms with Gasteiger partial charge in [0.05, 0.1) is 37.3 Å². The number of rotatable bonds is 3. The third-order valence-electron chi connectivity index (χ3n) is 14.9. The fourth-order valence-corrected chi connectivity index (χ4v) is 16.3. The number of fused-ring (bicyclic) bond motifs is 20. The molecule has 0 spiro atoms. The van der Waals surface area contributed by atoms with Crippen LogP contribution in [-0.4, -0.2) is 29.5 Å². The third kappa shape index (κ3) is 7.55. The van der Waals surface area contributed by atoms with Gasteiger partial charge in [0.25, 0.3) is 0 Å². The highest BCUT2D eigenvalue weighted by molar-refractivity contribution is 7.27. The molecule has 18 aromatic rings. The van der Waals surface area contributed by atoms with Gasteiger partial charge in [-0.2, -0.15) is 0 Å². The first-order valence-electron chi connectivity index (χ1n) is 25.9. The number of nitrogens with zero attached hydrogens (tertiary/aromatic N) is 5. The average Bonchev–Trinajstić information content (AvgIpc) is 4.54. The second-order valence-electron chi connectivity index (χ2n) is 19.4. The zero-order valence-electron chi connectivity index (χ0n) is 41.7. The van der Waals surface area contributed by atoms with E-state index in [1.54, 1.807) is 22.7 Å². The zero-order chi connectivity index (χ0) is 52.1. The molecule has 0 radical (unpaired) electrons. The lowest BCUT2D eigenvalue weighted by Crippen LogP contribution is -2.02. The van der Waals surface area contributed by atoms with Gasteiger partial charge in [-0.15, -0.1) is 45.3 Å². The summed E-state index contributed by atoms with van der Waals surface area (Å²) < 4.78 is 10.0. The second-order valence-corrected chi connectivity index (χ2v) is 23.9. The molecule has 0 atom stereocenters. The number of thiophene rings is 4. The largest absolute Gasteiger partial charge is 0.353 e. The van der Waals surface area contributed by atoms with E-state index in [1.807, 2.05) is 65.1 Å². The molecule has 0 saturated carbocycles. The predicted molar refractivity (Wildman–Crippen MR) is 342 cm³/mol. The molecule has 18 rings (SSSR count). The number of hydrogen-bond acceptors (Lipinski definition) is 8. The molecule has 8 aromatic heterocycles. The molecule has 0 amide bonds. The number of nitrogens with one attached hydrogen (secondary N) is 1. The molecule has 79 heavy (non-hydrogen) atoms. The van der Waals surface area contributed by atoms with Crippen molar-refractivity contribution in [3.63, 3.8) is 0 Å². The number of benzene rings is 10. The lowest BCUT2D eigenvalue weighted by molar-refractivity contribution is 1.02. The number of hydrogen-bond donors (Lipinski definition) is 1. The van der Waals surface area contributed by atoms with Gasteiger partial charge in [-0.3, -0.25) is 4.57 Å². The van der Waals surface area contributed by atoms with Crippen LogP contribution in [0.1, 0.15) is 0 Å². The van der Waals surface area contributed by atoms with E-state index in [1.165, 1.54) is 98.6 Å². The molecule has 0 aliphatic rings. The van der Waals surface area contributed by atoms with Crippen molar-refractivity contribution in [2.45, 2.75) is 0 Å². The minimum atomic E-state index is 0.294. The van der Waals surface area contributed by atoms with Crippen molar-refractivity contribution in [1.29, 1.82) is 0 Å². The molecule has 0 bridgehead atoms. The monoisotopic (exact) mass is 1100 g/mol. The Bertz CT molecular complexity index is 5330. The van der Waals surface area contributed by atoms with Gasteiger partial charge in [0, 0.05) is 100 Å². The van der Waals surface area contributed by atoms with Crippen LogP contribution in [0.25, 0.3) is 153 Å².